The number of carbonyl (C=O) groups excluding carboxylic acids is 2. The maximum absolute atomic E-state index is 12.0. The Bertz CT molecular complexity index is 1170. The van der Waals surface area contributed by atoms with Crippen molar-refractivity contribution in [3.8, 4) is 11.8 Å². The van der Waals surface area contributed by atoms with Gasteiger partial charge in [0.15, 0.2) is 0 Å². The number of allylic oxidation sites excluding steroid dienone is 3. The molecule has 0 aromatic carbocycles. The molecule has 3 N–H and O–H groups in total. The van der Waals surface area contributed by atoms with Crippen LogP contribution in [0.4, 0.5) is 0 Å². The van der Waals surface area contributed by atoms with Crippen molar-refractivity contribution < 1.29 is 39.1 Å². The number of carbonyl (C=O) groups is 2. The van der Waals surface area contributed by atoms with Crippen LogP contribution in [0.3, 0.4) is 0 Å². The molecule has 3 fully saturated rings. The summed E-state index contributed by atoms with van der Waals surface area (Å²) in [5.41, 5.74) is 1.27. The Labute approximate surface area is 263 Å². The molecule has 0 radical (unpaired) electrons. The summed E-state index contributed by atoms with van der Waals surface area (Å²) in [6.07, 6.45) is 7.85. The van der Waals surface area contributed by atoms with Crippen LogP contribution in [0.15, 0.2) is 35.5 Å². The van der Waals surface area contributed by atoms with E-state index in [1.54, 1.807) is 34.6 Å². The summed E-state index contributed by atoms with van der Waals surface area (Å²) in [7, 11) is 0. The highest BCUT2D eigenvalue weighted by molar-refractivity contribution is 5.75. The van der Waals surface area contributed by atoms with Crippen LogP contribution in [0.25, 0.3) is 0 Å². The van der Waals surface area contributed by atoms with E-state index >= 15 is 0 Å². The standard InChI is InChI=1S/C36H54O8/c1-23(11-9-18-35(6,7)41)27-15-16-28-25(12-10-19-36(27,28)8)13-14-26-21-29(37)32(31(39)24(26)2)42-20-17-30(38)43-22-44-33(40)34(3,4)5/h13-14,23,27-29,31-32,37,39,41H,2,10-12,15-17,19-22H2,1,3-8H3/b25-13+,26-14-/t23-,27-,28+,29-,31-,32+,36-/m1/s1. The minimum absolute atomic E-state index is 0.0651. The summed E-state index contributed by atoms with van der Waals surface area (Å²) >= 11 is 0. The van der Waals surface area contributed by atoms with E-state index in [9.17, 15) is 24.9 Å². The van der Waals surface area contributed by atoms with E-state index in [1.165, 1.54) is 18.4 Å². The van der Waals surface area contributed by atoms with Gasteiger partial charge in [-0.15, -0.1) is 5.92 Å². The number of aliphatic hydroxyl groups excluding tert-OH is 2. The van der Waals surface area contributed by atoms with E-state index in [1.807, 2.05) is 6.08 Å². The van der Waals surface area contributed by atoms with Crippen molar-refractivity contribution in [1.82, 2.24) is 0 Å². The summed E-state index contributed by atoms with van der Waals surface area (Å²) < 4.78 is 15.5. The van der Waals surface area contributed by atoms with Crippen molar-refractivity contribution >= 4 is 11.9 Å². The van der Waals surface area contributed by atoms with Gasteiger partial charge in [0.1, 0.15) is 17.8 Å². The summed E-state index contributed by atoms with van der Waals surface area (Å²) in [4.78, 5) is 23.8. The van der Waals surface area contributed by atoms with Crippen LogP contribution in [0.2, 0.25) is 0 Å². The van der Waals surface area contributed by atoms with Crippen LogP contribution >= 0.6 is 0 Å². The Balaban J connectivity index is 1.56. The third-order valence-corrected chi connectivity index (χ3v) is 9.57. The fraction of sp³-hybridized carbons (Fsp3) is 0.722. The summed E-state index contributed by atoms with van der Waals surface area (Å²) in [5.74, 6) is 6.60. The lowest BCUT2D eigenvalue weighted by molar-refractivity contribution is -0.174. The van der Waals surface area contributed by atoms with Gasteiger partial charge >= 0.3 is 11.9 Å². The number of fused-ring (bicyclic) bond motifs is 1. The van der Waals surface area contributed by atoms with E-state index in [0.29, 0.717) is 29.7 Å². The second kappa shape index (κ2) is 14.8. The Morgan fingerprint density at radius 3 is 2.50 bits per heavy atom. The molecule has 3 saturated carbocycles. The third-order valence-electron chi connectivity index (χ3n) is 9.57. The van der Waals surface area contributed by atoms with Crippen molar-refractivity contribution in [3.63, 3.8) is 0 Å². The monoisotopic (exact) mass is 614 g/mol. The molecule has 44 heavy (non-hydrogen) atoms. The molecule has 0 saturated heterocycles. The van der Waals surface area contributed by atoms with Gasteiger partial charge in [-0.25, -0.2) is 0 Å². The highest BCUT2D eigenvalue weighted by Gasteiger charge is 2.50. The molecule has 3 rings (SSSR count). The van der Waals surface area contributed by atoms with E-state index in [4.69, 9.17) is 14.2 Å². The molecule has 0 heterocycles. The predicted octanol–water partition coefficient (Wildman–Crippen LogP) is 5.40. The molecule has 8 heteroatoms. The van der Waals surface area contributed by atoms with E-state index in [-0.39, 0.29) is 18.4 Å². The van der Waals surface area contributed by atoms with Gasteiger partial charge in [0.25, 0.3) is 0 Å². The third kappa shape index (κ3) is 9.29. The van der Waals surface area contributed by atoms with Crippen LogP contribution in [-0.2, 0) is 23.8 Å². The van der Waals surface area contributed by atoms with Gasteiger partial charge in [-0.05, 0) is 101 Å². The molecule has 0 spiro atoms. The Kier molecular flexibility index (Phi) is 12.1. The van der Waals surface area contributed by atoms with Crippen molar-refractivity contribution in [2.75, 3.05) is 13.4 Å². The molecule has 0 bridgehead atoms. The first kappa shape index (κ1) is 36.0. The summed E-state index contributed by atoms with van der Waals surface area (Å²) in [6, 6.07) is 0. The molecule has 0 aromatic rings. The van der Waals surface area contributed by atoms with E-state index in [2.05, 4.69) is 38.3 Å². The smallest absolute Gasteiger partial charge is 0.314 e. The predicted molar refractivity (Wildman–Crippen MR) is 169 cm³/mol. The van der Waals surface area contributed by atoms with Gasteiger partial charge in [-0.2, -0.15) is 0 Å². The van der Waals surface area contributed by atoms with Crippen molar-refractivity contribution in [2.45, 2.75) is 124 Å². The molecule has 0 aromatic heterocycles. The fourth-order valence-corrected chi connectivity index (χ4v) is 7.16. The highest BCUT2D eigenvalue weighted by atomic mass is 16.7. The minimum atomic E-state index is -1.11. The fourth-order valence-electron chi connectivity index (χ4n) is 7.16. The zero-order valence-corrected chi connectivity index (χ0v) is 27.8. The topological polar surface area (TPSA) is 123 Å². The van der Waals surface area contributed by atoms with Gasteiger partial charge in [0.2, 0.25) is 6.79 Å². The van der Waals surface area contributed by atoms with Gasteiger partial charge in [0, 0.05) is 12.8 Å². The first-order valence-corrected chi connectivity index (χ1v) is 16.1. The lowest BCUT2D eigenvalue weighted by atomic mass is 9.61. The Hall–Kier alpha value is -2.44. The lowest BCUT2D eigenvalue weighted by Crippen LogP contribution is -2.45. The molecular weight excluding hydrogens is 560 g/mol. The quantitative estimate of drug-likeness (QED) is 0.179. The number of hydrogen-bond acceptors (Lipinski definition) is 8. The molecule has 3 aliphatic carbocycles. The maximum Gasteiger partial charge on any atom is 0.314 e. The van der Waals surface area contributed by atoms with Gasteiger partial charge < -0.3 is 29.5 Å². The Morgan fingerprint density at radius 2 is 1.84 bits per heavy atom. The van der Waals surface area contributed by atoms with Gasteiger partial charge in [-0.3, -0.25) is 9.59 Å². The number of hydrogen-bond donors (Lipinski definition) is 3. The average molecular weight is 615 g/mol. The van der Waals surface area contributed by atoms with Crippen LogP contribution < -0.4 is 0 Å². The number of ether oxygens (including phenoxy) is 3. The zero-order valence-electron chi connectivity index (χ0n) is 27.8. The van der Waals surface area contributed by atoms with Crippen molar-refractivity contribution in [2.24, 2.45) is 28.6 Å². The largest absolute Gasteiger partial charge is 0.428 e. The minimum Gasteiger partial charge on any atom is -0.428 e. The molecule has 0 amide bonds. The normalized spacial score (nSPS) is 31.7. The number of rotatable bonds is 9. The Morgan fingerprint density at radius 1 is 1.14 bits per heavy atom. The van der Waals surface area contributed by atoms with Gasteiger partial charge in [0.05, 0.1) is 24.5 Å². The molecule has 8 nitrogen and oxygen atoms in total. The summed E-state index contributed by atoms with van der Waals surface area (Å²) in [6.45, 7) is 16.8. The molecule has 0 aliphatic heterocycles. The van der Waals surface area contributed by atoms with Crippen LogP contribution in [0.1, 0.15) is 99.8 Å². The molecular formula is C36H54O8. The SMILES string of the molecule is C=C1/C(=C\C=C2/CCC[C@]3(C)[C@@H]([C@H](C)CC#CC(C)(C)O)CC[C@@H]23)C[C@@H](O)[C@H](OCCC(=O)OCOC(=O)C(C)(C)C)[C@@H]1O. The van der Waals surface area contributed by atoms with Crippen LogP contribution in [-0.4, -0.2) is 64.6 Å². The molecule has 0 unspecified atom stereocenters. The number of aliphatic hydroxyl groups is 3. The summed E-state index contributed by atoms with van der Waals surface area (Å²) in [5, 5.41) is 31.7. The first-order valence-electron chi connectivity index (χ1n) is 16.1. The maximum atomic E-state index is 12.0. The van der Waals surface area contributed by atoms with Crippen molar-refractivity contribution in [3.05, 3.63) is 35.5 Å². The zero-order chi connectivity index (χ0) is 32.9. The lowest BCUT2D eigenvalue weighted by Gasteiger charge is -2.44. The molecule has 3 aliphatic rings. The number of esters is 2. The molecule has 7 atom stereocenters. The highest BCUT2D eigenvalue weighted by Crippen LogP contribution is 2.59. The first-order chi connectivity index (χ1) is 20.4. The van der Waals surface area contributed by atoms with Crippen molar-refractivity contribution in [1.29, 1.82) is 0 Å². The van der Waals surface area contributed by atoms with E-state index in [0.717, 1.165) is 31.3 Å². The molecule has 246 valence electrons. The average Bonchev–Trinajstić information content (AvgIpc) is 3.28. The van der Waals surface area contributed by atoms with E-state index < -0.39 is 48.1 Å². The van der Waals surface area contributed by atoms with Crippen LogP contribution in [0.5, 0.6) is 0 Å². The second-order valence-electron chi connectivity index (χ2n) is 14.7. The second-order valence-corrected chi connectivity index (χ2v) is 14.7. The van der Waals surface area contributed by atoms with Crippen LogP contribution in [0, 0.1) is 40.4 Å². The van der Waals surface area contributed by atoms with Gasteiger partial charge in [-0.1, -0.05) is 44.1 Å².